The van der Waals surface area contributed by atoms with Crippen LogP contribution in [0.25, 0.3) is 0 Å². The van der Waals surface area contributed by atoms with Gasteiger partial charge in [-0.05, 0) is 6.42 Å². The number of unbranched alkanes of at least 4 members (excludes halogenated alkanes) is 2. The summed E-state index contributed by atoms with van der Waals surface area (Å²) in [5.41, 5.74) is 5.07. The van der Waals surface area contributed by atoms with Gasteiger partial charge in [0.1, 0.15) is 6.61 Å². The van der Waals surface area contributed by atoms with Crippen molar-refractivity contribution < 1.29 is 9.53 Å². The van der Waals surface area contributed by atoms with Gasteiger partial charge in [0.2, 0.25) is 0 Å². The summed E-state index contributed by atoms with van der Waals surface area (Å²) < 4.78 is 5.03. The van der Waals surface area contributed by atoms with Gasteiger partial charge in [-0.15, -0.1) is 0 Å². The molecular formula is C8H16NO2. The Morgan fingerprint density at radius 3 is 2.73 bits per heavy atom. The first kappa shape index (κ1) is 10.6. The van der Waals surface area contributed by atoms with Gasteiger partial charge in [0.15, 0.2) is 5.78 Å². The minimum Gasteiger partial charge on any atom is -0.374 e. The first-order valence-electron chi connectivity index (χ1n) is 3.90. The van der Waals surface area contributed by atoms with Crippen LogP contribution >= 0.6 is 0 Å². The first-order chi connectivity index (χ1) is 5.31. The SMILES string of the molecule is [CH2]CCCCOCC(=O)CN. The highest BCUT2D eigenvalue weighted by Crippen LogP contribution is 1.93. The molecule has 0 aromatic carbocycles. The molecular weight excluding hydrogens is 142 g/mol. The van der Waals surface area contributed by atoms with Crippen molar-refractivity contribution in [2.45, 2.75) is 19.3 Å². The van der Waals surface area contributed by atoms with Crippen LogP contribution in [0, 0.1) is 6.92 Å². The minimum absolute atomic E-state index is 0.0420. The smallest absolute Gasteiger partial charge is 0.171 e. The quantitative estimate of drug-likeness (QED) is 0.550. The van der Waals surface area contributed by atoms with Crippen molar-refractivity contribution in [3.63, 3.8) is 0 Å². The van der Waals surface area contributed by atoms with Gasteiger partial charge in [0, 0.05) is 6.61 Å². The van der Waals surface area contributed by atoms with E-state index in [1.165, 1.54) is 0 Å². The summed E-state index contributed by atoms with van der Waals surface area (Å²) in [6.45, 7) is 4.57. The van der Waals surface area contributed by atoms with Crippen LogP contribution in [-0.4, -0.2) is 25.5 Å². The average molecular weight is 158 g/mol. The van der Waals surface area contributed by atoms with E-state index >= 15 is 0 Å². The van der Waals surface area contributed by atoms with Gasteiger partial charge in [-0.1, -0.05) is 19.8 Å². The van der Waals surface area contributed by atoms with Crippen LogP contribution < -0.4 is 5.73 Å². The third kappa shape index (κ3) is 7.49. The van der Waals surface area contributed by atoms with Crippen molar-refractivity contribution in [1.82, 2.24) is 0 Å². The van der Waals surface area contributed by atoms with Crippen molar-refractivity contribution in [3.05, 3.63) is 6.92 Å². The van der Waals surface area contributed by atoms with Crippen LogP contribution in [0.5, 0.6) is 0 Å². The number of Topliss-reactive ketones (excluding diaryl/α,β-unsaturated/α-hetero) is 1. The fourth-order valence-electron chi connectivity index (χ4n) is 0.626. The van der Waals surface area contributed by atoms with E-state index in [0.717, 1.165) is 19.3 Å². The number of carbonyl (C=O) groups excluding carboxylic acids is 1. The Morgan fingerprint density at radius 2 is 2.18 bits per heavy atom. The topological polar surface area (TPSA) is 52.3 Å². The lowest BCUT2D eigenvalue weighted by atomic mass is 10.3. The highest BCUT2D eigenvalue weighted by molar-refractivity contribution is 5.81. The van der Waals surface area contributed by atoms with Crippen molar-refractivity contribution in [3.8, 4) is 0 Å². The largest absolute Gasteiger partial charge is 0.374 e. The second-order valence-corrected chi connectivity index (χ2v) is 2.36. The predicted octanol–water partition coefficient (Wildman–Crippen LogP) is 0.535. The molecule has 11 heavy (non-hydrogen) atoms. The maximum absolute atomic E-state index is 10.6. The fraction of sp³-hybridized carbons (Fsp3) is 0.750. The van der Waals surface area contributed by atoms with Crippen LogP contribution in [0.3, 0.4) is 0 Å². The minimum atomic E-state index is -0.0420. The monoisotopic (exact) mass is 158 g/mol. The van der Waals surface area contributed by atoms with E-state index in [1.54, 1.807) is 0 Å². The second kappa shape index (κ2) is 7.69. The van der Waals surface area contributed by atoms with E-state index in [4.69, 9.17) is 10.5 Å². The molecule has 0 atom stereocenters. The Morgan fingerprint density at radius 1 is 1.45 bits per heavy atom. The van der Waals surface area contributed by atoms with Crippen LogP contribution in [0.4, 0.5) is 0 Å². The third-order valence-electron chi connectivity index (χ3n) is 1.28. The van der Waals surface area contributed by atoms with Gasteiger partial charge in [0.05, 0.1) is 6.54 Å². The summed E-state index contributed by atoms with van der Waals surface area (Å²) in [6, 6.07) is 0. The Bertz CT molecular complexity index is 104. The molecule has 0 spiro atoms. The molecule has 0 unspecified atom stereocenters. The number of nitrogens with two attached hydrogens (primary N) is 1. The summed E-state index contributed by atoms with van der Waals surface area (Å²) in [5.74, 6) is -0.0420. The maximum atomic E-state index is 10.6. The number of rotatable bonds is 7. The Labute approximate surface area is 67.9 Å². The molecule has 0 aliphatic rings. The second-order valence-electron chi connectivity index (χ2n) is 2.36. The number of carbonyl (C=O) groups is 1. The molecule has 0 saturated heterocycles. The molecule has 0 aromatic rings. The molecule has 0 fully saturated rings. The zero-order valence-corrected chi connectivity index (χ0v) is 6.84. The lowest BCUT2D eigenvalue weighted by Gasteiger charge is -2.00. The average Bonchev–Trinajstić information content (AvgIpc) is 2.04. The Hall–Kier alpha value is -0.410. The summed E-state index contributed by atoms with van der Waals surface area (Å²) in [5, 5.41) is 0. The highest BCUT2D eigenvalue weighted by Gasteiger charge is 1.96. The van der Waals surface area contributed by atoms with Crippen molar-refractivity contribution in [2.75, 3.05) is 19.8 Å². The normalized spacial score (nSPS) is 10.0. The molecule has 2 N–H and O–H groups in total. The maximum Gasteiger partial charge on any atom is 0.171 e. The molecule has 0 aliphatic heterocycles. The van der Waals surface area contributed by atoms with Crippen molar-refractivity contribution in [1.29, 1.82) is 0 Å². The summed E-state index contributed by atoms with van der Waals surface area (Å²) in [7, 11) is 0. The lowest BCUT2D eigenvalue weighted by molar-refractivity contribution is -0.122. The molecule has 1 radical (unpaired) electrons. The standard InChI is InChI=1S/C8H16NO2/c1-2-3-4-5-11-7-8(10)6-9/h1-7,9H2. The highest BCUT2D eigenvalue weighted by atomic mass is 16.5. The molecule has 0 aliphatic carbocycles. The molecule has 65 valence electrons. The van der Waals surface area contributed by atoms with Crippen molar-refractivity contribution >= 4 is 5.78 Å². The molecule has 0 amide bonds. The lowest BCUT2D eigenvalue weighted by Crippen LogP contribution is -2.19. The van der Waals surface area contributed by atoms with Crippen LogP contribution in [0.15, 0.2) is 0 Å². The predicted molar refractivity (Wildman–Crippen MR) is 44.1 cm³/mol. The van der Waals surface area contributed by atoms with E-state index in [-0.39, 0.29) is 18.9 Å². The zero-order valence-electron chi connectivity index (χ0n) is 6.84. The molecule has 3 nitrogen and oxygen atoms in total. The molecule has 0 aromatic heterocycles. The third-order valence-corrected chi connectivity index (χ3v) is 1.28. The molecule has 0 saturated carbocycles. The fourth-order valence-corrected chi connectivity index (χ4v) is 0.626. The summed E-state index contributed by atoms with van der Waals surface area (Å²) in [6.07, 6.45) is 2.95. The van der Waals surface area contributed by atoms with E-state index in [9.17, 15) is 4.79 Å². The van der Waals surface area contributed by atoms with E-state index < -0.39 is 0 Å². The Kier molecular flexibility index (Phi) is 7.41. The molecule has 0 bridgehead atoms. The molecule has 0 heterocycles. The first-order valence-corrected chi connectivity index (χ1v) is 3.90. The summed E-state index contributed by atoms with van der Waals surface area (Å²) >= 11 is 0. The number of hydrogen-bond acceptors (Lipinski definition) is 3. The van der Waals surface area contributed by atoms with E-state index in [1.807, 2.05) is 0 Å². The Balaban J connectivity index is 2.95. The molecule has 0 rings (SSSR count). The summed E-state index contributed by atoms with van der Waals surface area (Å²) in [4.78, 5) is 10.6. The van der Waals surface area contributed by atoms with E-state index in [2.05, 4.69) is 6.92 Å². The van der Waals surface area contributed by atoms with Crippen LogP contribution in [0.1, 0.15) is 19.3 Å². The number of ketones is 1. The van der Waals surface area contributed by atoms with Gasteiger partial charge < -0.3 is 10.5 Å². The van der Waals surface area contributed by atoms with Gasteiger partial charge in [-0.25, -0.2) is 0 Å². The van der Waals surface area contributed by atoms with Gasteiger partial charge in [0.25, 0.3) is 0 Å². The van der Waals surface area contributed by atoms with Gasteiger partial charge in [-0.3, -0.25) is 4.79 Å². The van der Waals surface area contributed by atoms with Gasteiger partial charge >= 0.3 is 0 Å². The van der Waals surface area contributed by atoms with E-state index in [0.29, 0.717) is 6.61 Å². The zero-order chi connectivity index (χ0) is 8.53. The van der Waals surface area contributed by atoms with Crippen molar-refractivity contribution in [2.24, 2.45) is 5.73 Å². The molecule has 3 heteroatoms. The number of ether oxygens (including phenoxy) is 1. The number of hydrogen-bond donors (Lipinski definition) is 1. The van der Waals surface area contributed by atoms with Crippen LogP contribution in [-0.2, 0) is 9.53 Å². The van der Waals surface area contributed by atoms with Gasteiger partial charge in [-0.2, -0.15) is 0 Å². The van der Waals surface area contributed by atoms with Crippen LogP contribution in [0.2, 0.25) is 0 Å².